The number of hydrogen-bond donors (Lipinski definition) is 2. The highest BCUT2D eigenvalue weighted by molar-refractivity contribution is 5.76. The maximum atomic E-state index is 13.3. The summed E-state index contributed by atoms with van der Waals surface area (Å²) in [7, 11) is 4.77. The van der Waals surface area contributed by atoms with Crippen molar-refractivity contribution in [1.82, 2.24) is 0 Å². The first-order valence-corrected chi connectivity index (χ1v) is 13.3. The van der Waals surface area contributed by atoms with Gasteiger partial charge in [0.25, 0.3) is 0 Å². The number of hydrogen-bond acceptors (Lipinski definition) is 2. The Labute approximate surface area is 240 Å². The van der Waals surface area contributed by atoms with Crippen molar-refractivity contribution in [3.63, 3.8) is 0 Å². The summed E-state index contributed by atoms with van der Waals surface area (Å²) in [4.78, 5) is 24.6. The molecule has 0 aliphatic carbocycles. The lowest BCUT2D eigenvalue weighted by Gasteiger charge is -2.55. The van der Waals surface area contributed by atoms with E-state index >= 15 is 0 Å². The van der Waals surface area contributed by atoms with Crippen molar-refractivity contribution < 1.29 is 76.7 Å². The minimum absolute atomic E-state index is 0. The lowest BCUT2D eigenvalue weighted by molar-refractivity contribution is -0.949. The molecule has 2 N–H and O–H groups in total. The van der Waals surface area contributed by atoms with Gasteiger partial charge in [-0.2, -0.15) is 0 Å². The summed E-state index contributed by atoms with van der Waals surface area (Å²) in [5.74, 6) is -1.06. The van der Waals surface area contributed by atoms with Crippen LogP contribution in [0.5, 0.6) is 0 Å². The molecule has 0 aromatic carbocycles. The Morgan fingerprint density at radius 1 is 0.765 bits per heavy atom. The molecular formula is C26H46I2N2O4. The van der Waals surface area contributed by atoms with Crippen LogP contribution >= 0.6 is 0 Å². The van der Waals surface area contributed by atoms with Gasteiger partial charge in [0.2, 0.25) is 0 Å². The zero-order valence-corrected chi connectivity index (χ0v) is 25.8. The van der Waals surface area contributed by atoms with Gasteiger partial charge in [-0.1, -0.05) is 0 Å². The number of carboxylic acid groups (broad SMARTS) is 2. The number of carbonyl (C=O) groups is 2. The van der Waals surface area contributed by atoms with E-state index in [0.29, 0.717) is 37.0 Å². The Hall–Kier alpha value is 0.320. The van der Waals surface area contributed by atoms with E-state index in [1.807, 2.05) is 0 Å². The second kappa shape index (κ2) is 11.4. The molecule has 0 saturated carbocycles. The van der Waals surface area contributed by atoms with Gasteiger partial charge in [0.1, 0.15) is 0 Å². The maximum Gasteiger partial charge on any atom is 0.310 e. The minimum atomic E-state index is -0.804. The van der Waals surface area contributed by atoms with Crippen molar-refractivity contribution in [2.24, 2.45) is 17.3 Å². The number of piperidine rings is 2. The van der Waals surface area contributed by atoms with Gasteiger partial charge < -0.3 is 67.1 Å². The van der Waals surface area contributed by atoms with E-state index in [1.165, 1.54) is 25.7 Å². The molecule has 4 unspecified atom stereocenters. The molecule has 0 aromatic rings. The first-order valence-electron chi connectivity index (χ1n) is 13.3. The summed E-state index contributed by atoms with van der Waals surface area (Å²) < 4.78 is 2.23. The fourth-order valence-electron chi connectivity index (χ4n) is 9.09. The van der Waals surface area contributed by atoms with Crippen LogP contribution in [0, 0.1) is 17.3 Å². The quantitative estimate of drug-likeness (QED) is 0.218. The van der Waals surface area contributed by atoms with Gasteiger partial charge in [0.05, 0.1) is 56.8 Å². The van der Waals surface area contributed by atoms with Crippen LogP contribution in [0.15, 0.2) is 0 Å². The Bertz CT molecular complexity index is 678. The number of aliphatic carboxylic acids is 2. The molecule has 34 heavy (non-hydrogen) atoms. The number of rotatable bonds is 9. The van der Waals surface area contributed by atoms with Crippen molar-refractivity contribution in [3.8, 4) is 0 Å². The zero-order chi connectivity index (χ0) is 23.3. The third-order valence-electron chi connectivity index (χ3n) is 11.4. The molecule has 0 spiro atoms. The molecule has 4 aliphatic rings. The molecule has 6 nitrogen and oxygen atoms in total. The molecule has 0 amide bonds. The Morgan fingerprint density at radius 3 is 1.38 bits per heavy atom. The fourth-order valence-corrected chi connectivity index (χ4v) is 9.09. The van der Waals surface area contributed by atoms with Crippen LogP contribution in [-0.2, 0) is 9.59 Å². The summed E-state index contributed by atoms with van der Waals surface area (Å²) in [5, 5.41) is 20.2. The minimum Gasteiger partial charge on any atom is -1.00 e. The molecule has 4 atom stereocenters. The SMILES string of the molecule is CC[N+]1(C)C2CCC1CC(C(CCCC(=O)O)(C(=O)O)C1CC3CCC(C1)[N+]3(C)CC)C2.[I-].[I-]. The highest BCUT2D eigenvalue weighted by Crippen LogP contribution is 2.58. The molecule has 4 saturated heterocycles. The van der Waals surface area contributed by atoms with Crippen LogP contribution in [0.3, 0.4) is 0 Å². The summed E-state index contributed by atoms with van der Waals surface area (Å²) in [6.07, 6.45) is 10.0. The molecule has 198 valence electrons. The maximum absolute atomic E-state index is 13.3. The number of fused-ring (bicyclic) bond motifs is 4. The number of halogens is 2. The van der Waals surface area contributed by atoms with E-state index in [1.54, 1.807) is 0 Å². The third-order valence-corrected chi connectivity index (χ3v) is 11.4. The molecule has 0 aromatic heterocycles. The van der Waals surface area contributed by atoms with Crippen LogP contribution < -0.4 is 48.0 Å². The van der Waals surface area contributed by atoms with Gasteiger partial charge in [0, 0.05) is 57.8 Å². The average Bonchev–Trinajstić information content (AvgIpc) is 3.03. The summed E-state index contributed by atoms with van der Waals surface area (Å²) in [6.45, 7) is 6.82. The molecular weight excluding hydrogens is 658 g/mol. The van der Waals surface area contributed by atoms with E-state index in [2.05, 4.69) is 27.9 Å². The standard InChI is InChI=1S/C26H44N2O4.2HI/c1-5-27(3)20-9-10-21(27)15-18(14-20)26(25(31)32,13-7-8-24(29)30)19-16-22-11-12-23(17-19)28(22,4)6-2;;/h18-23H,5-17H2,1-4H3;2*1H. The van der Waals surface area contributed by atoms with Gasteiger partial charge >= 0.3 is 11.9 Å². The number of quaternary nitrogens is 2. The van der Waals surface area contributed by atoms with Crippen LogP contribution in [0.2, 0.25) is 0 Å². The van der Waals surface area contributed by atoms with Gasteiger partial charge in [0.15, 0.2) is 0 Å². The molecule has 4 heterocycles. The predicted octanol–water partition coefficient (Wildman–Crippen LogP) is -1.86. The van der Waals surface area contributed by atoms with Crippen molar-refractivity contribution >= 4 is 11.9 Å². The largest absolute Gasteiger partial charge is 1.00 e. The fraction of sp³-hybridized carbons (Fsp3) is 0.923. The highest BCUT2D eigenvalue weighted by Gasteiger charge is 2.63. The van der Waals surface area contributed by atoms with E-state index in [-0.39, 0.29) is 66.2 Å². The van der Waals surface area contributed by atoms with Crippen molar-refractivity contribution in [1.29, 1.82) is 0 Å². The van der Waals surface area contributed by atoms with Crippen molar-refractivity contribution in [3.05, 3.63) is 0 Å². The summed E-state index contributed by atoms with van der Waals surface area (Å²) in [5.41, 5.74) is -0.755. The molecule has 0 radical (unpaired) electrons. The smallest absolute Gasteiger partial charge is 0.310 e. The normalized spacial score (nSPS) is 42.2. The topological polar surface area (TPSA) is 74.6 Å². The van der Waals surface area contributed by atoms with Crippen molar-refractivity contribution in [2.45, 2.75) is 109 Å². The van der Waals surface area contributed by atoms with Gasteiger partial charge in [-0.15, -0.1) is 0 Å². The Kier molecular flexibility index (Phi) is 10.2. The molecule has 8 heteroatoms. The highest BCUT2D eigenvalue weighted by atomic mass is 127. The zero-order valence-electron chi connectivity index (χ0n) is 21.5. The second-order valence-corrected chi connectivity index (χ2v) is 12.0. The molecule has 4 fully saturated rings. The second-order valence-electron chi connectivity index (χ2n) is 12.0. The Morgan fingerprint density at radius 2 is 1.12 bits per heavy atom. The first kappa shape index (κ1) is 30.5. The lowest BCUT2D eigenvalue weighted by Crippen LogP contribution is -3.00. The van der Waals surface area contributed by atoms with Crippen LogP contribution in [0.1, 0.15) is 84.5 Å². The molecule has 4 rings (SSSR count). The lowest BCUT2D eigenvalue weighted by atomic mass is 9.56. The third kappa shape index (κ3) is 4.79. The number of carboxylic acids is 2. The first-order chi connectivity index (χ1) is 15.1. The number of nitrogens with zero attached hydrogens (tertiary/aromatic N) is 2. The van der Waals surface area contributed by atoms with Gasteiger partial charge in [-0.05, 0) is 38.5 Å². The van der Waals surface area contributed by atoms with Gasteiger partial charge in [-0.25, -0.2) is 0 Å². The van der Waals surface area contributed by atoms with Crippen molar-refractivity contribution in [2.75, 3.05) is 27.2 Å². The van der Waals surface area contributed by atoms with E-state index in [0.717, 1.165) is 47.7 Å². The van der Waals surface area contributed by atoms with E-state index in [9.17, 15) is 19.8 Å². The molecule has 4 bridgehead atoms. The van der Waals surface area contributed by atoms with E-state index in [4.69, 9.17) is 0 Å². The van der Waals surface area contributed by atoms with Gasteiger partial charge in [-0.3, -0.25) is 9.59 Å². The van der Waals surface area contributed by atoms with Crippen LogP contribution in [0.4, 0.5) is 0 Å². The van der Waals surface area contributed by atoms with E-state index < -0.39 is 17.4 Å². The van der Waals surface area contributed by atoms with Crippen LogP contribution in [0.25, 0.3) is 0 Å². The monoisotopic (exact) mass is 704 g/mol. The molecule has 4 aliphatic heterocycles. The summed E-state index contributed by atoms with van der Waals surface area (Å²) >= 11 is 0. The average molecular weight is 704 g/mol. The predicted molar refractivity (Wildman–Crippen MR) is 124 cm³/mol. The summed E-state index contributed by atoms with van der Waals surface area (Å²) in [6, 6.07) is 2.27. The van der Waals surface area contributed by atoms with Crippen LogP contribution in [-0.4, -0.2) is 82.5 Å². The Balaban J connectivity index is 0.00000204.